The first-order valence-corrected chi connectivity index (χ1v) is 5.95. The fourth-order valence-corrected chi connectivity index (χ4v) is 1.80. The molecular formula is C13H18N4. The summed E-state index contributed by atoms with van der Waals surface area (Å²) < 4.78 is 2.00. The summed E-state index contributed by atoms with van der Waals surface area (Å²) in [6.45, 7) is 5.97. The maximum Gasteiger partial charge on any atom is 0.0522 e. The quantitative estimate of drug-likeness (QED) is 0.855. The number of hydrogen-bond acceptors (Lipinski definition) is 3. The van der Waals surface area contributed by atoms with Crippen LogP contribution in [0.15, 0.2) is 36.8 Å². The predicted molar refractivity (Wildman–Crippen MR) is 67.4 cm³/mol. The van der Waals surface area contributed by atoms with Crippen LogP contribution in [-0.4, -0.2) is 14.8 Å². The first-order chi connectivity index (χ1) is 8.31. The minimum atomic E-state index is 0.295. The first-order valence-electron chi connectivity index (χ1n) is 5.95. The van der Waals surface area contributed by atoms with Crippen molar-refractivity contribution in [3.05, 3.63) is 48.0 Å². The van der Waals surface area contributed by atoms with Crippen molar-refractivity contribution in [3.63, 3.8) is 0 Å². The molecule has 90 valence electrons. The Morgan fingerprint density at radius 3 is 2.94 bits per heavy atom. The molecule has 0 spiro atoms. The molecule has 2 aromatic heterocycles. The predicted octanol–water partition coefficient (Wildman–Crippen LogP) is 2.15. The van der Waals surface area contributed by atoms with Gasteiger partial charge in [-0.1, -0.05) is 6.07 Å². The summed E-state index contributed by atoms with van der Waals surface area (Å²) in [5.74, 6) is 0. The SMILES string of the molecule is CCn1nccc1CN[C@H](C)c1cccnc1. The van der Waals surface area contributed by atoms with Crippen molar-refractivity contribution in [1.29, 1.82) is 0 Å². The Bertz CT molecular complexity index is 449. The molecule has 0 amide bonds. The lowest BCUT2D eigenvalue weighted by atomic mass is 10.1. The Morgan fingerprint density at radius 2 is 2.24 bits per heavy atom. The van der Waals surface area contributed by atoms with Crippen molar-refractivity contribution >= 4 is 0 Å². The molecule has 0 aliphatic carbocycles. The molecule has 0 aromatic carbocycles. The maximum atomic E-state index is 4.25. The van der Waals surface area contributed by atoms with Gasteiger partial charge in [-0.3, -0.25) is 9.67 Å². The molecule has 17 heavy (non-hydrogen) atoms. The van der Waals surface area contributed by atoms with Crippen LogP contribution >= 0.6 is 0 Å². The molecule has 0 unspecified atom stereocenters. The molecule has 2 aromatic rings. The molecule has 0 aliphatic heterocycles. The van der Waals surface area contributed by atoms with E-state index in [0.29, 0.717) is 6.04 Å². The number of aryl methyl sites for hydroxylation is 1. The van der Waals surface area contributed by atoms with Crippen molar-refractivity contribution in [1.82, 2.24) is 20.1 Å². The summed E-state index contributed by atoms with van der Waals surface area (Å²) in [6.07, 6.45) is 5.53. The van der Waals surface area contributed by atoms with Gasteiger partial charge in [-0.2, -0.15) is 5.10 Å². The van der Waals surface area contributed by atoms with Crippen molar-refractivity contribution in [3.8, 4) is 0 Å². The van der Waals surface area contributed by atoms with Gasteiger partial charge in [0.25, 0.3) is 0 Å². The number of nitrogens with one attached hydrogen (secondary N) is 1. The second-order valence-electron chi connectivity index (χ2n) is 4.03. The van der Waals surface area contributed by atoms with Crippen molar-refractivity contribution in [2.45, 2.75) is 33.0 Å². The molecule has 1 atom stereocenters. The highest BCUT2D eigenvalue weighted by molar-refractivity contribution is 5.13. The minimum Gasteiger partial charge on any atom is -0.305 e. The van der Waals surface area contributed by atoms with Gasteiger partial charge in [0.2, 0.25) is 0 Å². The van der Waals surface area contributed by atoms with E-state index in [1.165, 1.54) is 11.3 Å². The van der Waals surface area contributed by atoms with E-state index in [1.807, 2.05) is 29.2 Å². The molecule has 0 saturated carbocycles. The van der Waals surface area contributed by atoms with Gasteiger partial charge in [-0.05, 0) is 31.5 Å². The van der Waals surface area contributed by atoms with E-state index in [1.54, 1.807) is 6.20 Å². The van der Waals surface area contributed by atoms with E-state index in [0.717, 1.165) is 13.1 Å². The molecule has 2 rings (SSSR count). The van der Waals surface area contributed by atoms with Crippen LogP contribution < -0.4 is 5.32 Å². The minimum absolute atomic E-state index is 0.295. The Kier molecular flexibility index (Phi) is 3.88. The lowest BCUT2D eigenvalue weighted by Gasteiger charge is -2.14. The van der Waals surface area contributed by atoms with Crippen LogP contribution in [0.3, 0.4) is 0 Å². The summed E-state index contributed by atoms with van der Waals surface area (Å²) in [7, 11) is 0. The molecule has 0 bridgehead atoms. The van der Waals surface area contributed by atoms with Gasteiger partial charge in [0, 0.05) is 37.7 Å². The van der Waals surface area contributed by atoms with Gasteiger partial charge in [0.15, 0.2) is 0 Å². The lowest BCUT2D eigenvalue weighted by Crippen LogP contribution is -2.20. The second kappa shape index (κ2) is 5.59. The monoisotopic (exact) mass is 230 g/mol. The van der Waals surface area contributed by atoms with Crippen LogP contribution in [0.25, 0.3) is 0 Å². The molecule has 4 heteroatoms. The highest BCUT2D eigenvalue weighted by atomic mass is 15.3. The van der Waals surface area contributed by atoms with Crippen LogP contribution in [0.1, 0.15) is 31.1 Å². The van der Waals surface area contributed by atoms with E-state index in [4.69, 9.17) is 0 Å². The molecule has 0 saturated heterocycles. The molecule has 0 fully saturated rings. The van der Waals surface area contributed by atoms with Gasteiger partial charge >= 0.3 is 0 Å². The van der Waals surface area contributed by atoms with Crippen molar-refractivity contribution < 1.29 is 0 Å². The first kappa shape index (κ1) is 11.8. The zero-order chi connectivity index (χ0) is 12.1. The van der Waals surface area contributed by atoms with Gasteiger partial charge in [-0.15, -0.1) is 0 Å². The van der Waals surface area contributed by atoms with Crippen molar-refractivity contribution in [2.24, 2.45) is 0 Å². The fourth-order valence-electron chi connectivity index (χ4n) is 1.80. The van der Waals surface area contributed by atoms with Crippen LogP contribution in [0.4, 0.5) is 0 Å². The zero-order valence-electron chi connectivity index (χ0n) is 10.3. The van der Waals surface area contributed by atoms with E-state index in [2.05, 4.69) is 35.3 Å². The molecule has 0 aliphatic rings. The van der Waals surface area contributed by atoms with Gasteiger partial charge in [-0.25, -0.2) is 0 Å². The Balaban J connectivity index is 1.95. The zero-order valence-corrected chi connectivity index (χ0v) is 10.3. The van der Waals surface area contributed by atoms with Gasteiger partial charge in [0.05, 0.1) is 5.69 Å². The number of pyridine rings is 1. The van der Waals surface area contributed by atoms with E-state index < -0.39 is 0 Å². The maximum absolute atomic E-state index is 4.25. The highest BCUT2D eigenvalue weighted by Gasteiger charge is 2.06. The largest absolute Gasteiger partial charge is 0.305 e. The van der Waals surface area contributed by atoms with Crippen LogP contribution in [0.2, 0.25) is 0 Å². The third kappa shape index (κ3) is 2.91. The van der Waals surface area contributed by atoms with Crippen LogP contribution in [0.5, 0.6) is 0 Å². The number of aromatic nitrogens is 3. The van der Waals surface area contributed by atoms with E-state index in [-0.39, 0.29) is 0 Å². The topological polar surface area (TPSA) is 42.7 Å². The highest BCUT2D eigenvalue weighted by Crippen LogP contribution is 2.10. The summed E-state index contributed by atoms with van der Waals surface area (Å²) >= 11 is 0. The Hall–Kier alpha value is -1.68. The third-order valence-electron chi connectivity index (χ3n) is 2.88. The lowest BCUT2D eigenvalue weighted by molar-refractivity contribution is 0.531. The number of hydrogen-bond donors (Lipinski definition) is 1. The summed E-state index contributed by atoms with van der Waals surface area (Å²) in [5, 5.41) is 7.72. The molecule has 0 radical (unpaired) electrons. The average Bonchev–Trinajstić information content (AvgIpc) is 2.84. The molecular weight excluding hydrogens is 212 g/mol. The smallest absolute Gasteiger partial charge is 0.0522 e. The molecule has 4 nitrogen and oxygen atoms in total. The third-order valence-corrected chi connectivity index (χ3v) is 2.88. The fraction of sp³-hybridized carbons (Fsp3) is 0.385. The number of nitrogens with zero attached hydrogens (tertiary/aromatic N) is 3. The summed E-state index contributed by atoms with van der Waals surface area (Å²) in [6, 6.07) is 6.39. The summed E-state index contributed by atoms with van der Waals surface area (Å²) in [4.78, 5) is 4.13. The second-order valence-corrected chi connectivity index (χ2v) is 4.03. The Labute approximate surface area is 102 Å². The Morgan fingerprint density at radius 1 is 1.35 bits per heavy atom. The van der Waals surface area contributed by atoms with Crippen LogP contribution in [-0.2, 0) is 13.1 Å². The standard InChI is InChI=1S/C13H18N4/c1-3-17-13(6-8-16-17)10-15-11(2)12-5-4-7-14-9-12/h4-9,11,15H,3,10H2,1-2H3/t11-/m1/s1. The van der Waals surface area contributed by atoms with Gasteiger partial charge < -0.3 is 5.32 Å². The summed E-state index contributed by atoms with van der Waals surface area (Å²) in [5.41, 5.74) is 2.42. The molecule has 1 N–H and O–H groups in total. The van der Waals surface area contributed by atoms with Gasteiger partial charge in [0.1, 0.15) is 0 Å². The number of rotatable bonds is 5. The average molecular weight is 230 g/mol. The van der Waals surface area contributed by atoms with E-state index in [9.17, 15) is 0 Å². The normalized spacial score (nSPS) is 12.6. The molecule has 2 heterocycles. The van der Waals surface area contributed by atoms with Crippen molar-refractivity contribution in [2.75, 3.05) is 0 Å². The van der Waals surface area contributed by atoms with Crippen LogP contribution in [0, 0.1) is 0 Å². The van der Waals surface area contributed by atoms with E-state index >= 15 is 0 Å².